The highest BCUT2D eigenvalue weighted by molar-refractivity contribution is 6.30. The molecule has 0 radical (unpaired) electrons. The van der Waals surface area contributed by atoms with Gasteiger partial charge in [0.2, 0.25) is 0 Å². The molecule has 192 valence electrons. The minimum Gasteiger partial charge on any atom is -0.493 e. The third-order valence-corrected chi connectivity index (χ3v) is 5.78. The Labute approximate surface area is 217 Å². The van der Waals surface area contributed by atoms with Gasteiger partial charge < -0.3 is 18.9 Å². The van der Waals surface area contributed by atoms with Crippen molar-refractivity contribution in [2.24, 2.45) is 0 Å². The van der Waals surface area contributed by atoms with Crippen LogP contribution in [0.25, 0.3) is 0 Å². The molecule has 36 heavy (non-hydrogen) atoms. The van der Waals surface area contributed by atoms with Crippen LogP contribution in [-0.4, -0.2) is 25.3 Å². The zero-order valence-corrected chi connectivity index (χ0v) is 21.6. The van der Waals surface area contributed by atoms with Crippen LogP contribution >= 0.6 is 11.6 Å². The summed E-state index contributed by atoms with van der Waals surface area (Å²) in [6.07, 6.45) is 2.28. The first-order valence-electron chi connectivity index (χ1n) is 12.2. The van der Waals surface area contributed by atoms with Gasteiger partial charge in [0.05, 0.1) is 19.3 Å². The van der Waals surface area contributed by atoms with Crippen LogP contribution < -0.4 is 14.2 Å². The molecule has 0 N–H and O–H groups in total. The molecule has 0 heterocycles. The Hall–Kier alpha value is -3.25. The molecule has 5 nitrogen and oxygen atoms in total. The van der Waals surface area contributed by atoms with Gasteiger partial charge >= 0.3 is 5.97 Å². The predicted molar refractivity (Wildman–Crippen MR) is 139 cm³/mol. The highest BCUT2D eigenvalue weighted by atomic mass is 35.5. The van der Waals surface area contributed by atoms with Crippen molar-refractivity contribution in [3.8, 4) is 23.0 Å². The lowest BCUT2D eigenvalue weighted by atomic mass is 10.0. The van der Waals surface area contributed by atoms with Crippen molar-refractivity contribution in [3.63, 3.8) is 0 Å². The molecule has 0 aliphatic rings. The number of carbonyl (C=O) groups excluding carboxylic acids is 1. The first-order valence-corrected chi connectivity index (χ1v) is 12.6. The van der Waals surface area contributed by atoms with E-state index in [2.05, 4.69) is 6.92 Å². The molecule has 7 heteroatoms. The van der Waals surface area contributed by atoms with Gasteiger partial charge in [-0.25, -0.2) is 4.39 Å². The van der Waals surface area contributed by atoms with Crippen molar-refractivity contribution in [1.82, 2.24) is 0 Å². The fourth-order valence-corrected chi connectivity index (χ4v) is 3.82. The first kappa shape index (κ1) is 27.3. The van der Waals surface area contributed by atoms with Crippen LogP contribution in [0.1, 0.15) is 44.7 Å². The van der Waals surface area contributed by atoms with Crippen molar-refractivity contribution < 1.29 is 28.1 Å². The monoisotopic (exact) mass is 514 g/mol. The summed E-state index contributed by atoms with van der Waals surface area (Å²) < 4.78 is 36.8. The second kappa shape index (κ2) is 13.7. The third-order valence-electron chi connectivity index (χ3n) is 5.55. The number of ether oxygens (including phenoxy) is 4. The van der Waals surface area contributed by atoms with Gasteiger partial charge in [-0.05, 0) is 74.2 Å². The van der Waals surface area contributed by atoms with Crippen molar-refractivity contribution >= 4 is 17.6 Å². The Kier molecular flexibility index (Phi) is 10.4. The minimum absolute atomic E-state index is 0.0954. The number of hydrogen-bond acceptors (Lipinski definition) is 5. The van der Waals surface area contributed by atoms with Crippen LogP contribution in [0.15, 0.2) is 60.7 Å². The van der Waals surface area contributed by atoms with E-state index >= 15 is 0 Å². The molecule has 0 aliphatic carbocycles. The zero-order chi connectivity index (χ0) is 25.9. The Morgan fingerprint density at radius 1 is 0.972 bits per heavy atom. The van der Waals surface area contributed by atoms with Gasteiger partial charge in [0, 0.05) is 23.9 Å². The maximum Gasteiger partial charge on any atom is 0.306 e. The Bertz CT molecular complexity index is 1150. The van der Waals surface area contributed by atoms with E-state index in [4.69, 9.17) is 30.5 Å². The summed E-state index contributed by atoms with van der Waals surface area (Å²) in [4.78, 5) is 11.7. The van der Waals surface area contributed by atoms with E-state index in [1.807, 2.05) is 25.1 Å². The van der Waals surface area contributed by atoms with Crippen LogP contribution in [0.2, 0.25) is 5.02 Å². The largest absolute Gasteiger partial charge is 0.493 e. The summed E-state index contributed by atoms with van der Waals surface area (Å²) in [7, 11) is 0. The van der Waals surface area contributed by atoms with Crippen molar-refractivity contribution in [2.75, 3.05) is 13.2 Å². The van der Waals surface area contributed by atoms with Gasteiger partial charge in [-0.2, -0.15) is 0 Å². The highest BCUT2D eigenvalue weighted by Crippen LogP contribution is 2.35. The number of aryl methyl sites for hydroxylation is 2. The number of para-hydroxylation sites is 1. The van der Waals surface area contributed by atoms with Gasteiger partial charge in [-0.15, -0.1) is 0 Å². The zero-order valence-electron chi connectivity index (χ0n) is 20.9. The third kappa shape index (κ3) is 8.16. The molecule has 0 saturated carbocycles. The lowest BCUT2D eigenvalue weighted by Gasteiger charge is -2.18. The smallest absolute Gasteiger partial charge is 0.306 e. The molecule has 0 amide bonds. The molecule has 1 atom stereocenters. The number of rotatable bonds is 13. The van der Waals surface area contributed by atoms with E-state index in [0.29, 0.717) is 49.0 Å². The summed E-state index contributed by atoms with van der Waals surface area (Å²) >= 11 is 6.12. The highest BCUT2D eigenvalue weighted by Gasteiger charge is 2.14. The normalized spacial score (nSPS) is 11.6. The number of halogens is 2. The SMILES string of the molecule is CCOC(=O)CCc1ccc(OCCC(C)Oc2ccc(Cl)cc2Oc2ccccc2F)cc1CC. The molecule has 0 aromatic heterocycles. The maximum absolute atomic E-state index is 14.1. The predicted octanol–water partition coefficient (Wildman–Crippen LogP) is 7.57. The van der Waals surface area contributed by atoms with Crippen molar-refractivity contribution in [1.29, 1.82) is 0 Å². The molecule has 3 aromatic rings. The molecular formula is C29H32ClFO5. The van der Waals surface area contributed by atoms with E-state index in [9.17, 15) is 9.18 Å². The van der Waals surface area contributed by atoms with Gasteiger partial charge in [-0.3, -0.25) is 4.79 Å². The molecule has 1 unspecified atom stereocenters. The molecule has 0 spiro atoms. The lowest BCUT2D eigenvalue weighted by molar-refractivity contribution is -0.143. The second-order valence-electron chi connectivity index (χ2n) is 8.28. The molecule has 0 saturated heterocycles. The summed E-state index contributed by atoms with van der Waals surface area (Å²) in [5, 5.41) is 0.460. The Morgan fingerprint density at radius 3 is 2.53 bits per heavy atom. The lowest BCUT2D eigenvalue weighted by Crippen LogP contribution is -2.16. The van der Waals surface area contributed by atoms with E-state index in [1.54, 1.807) is 43.3 Å². The van der Waals surface area contributed by atoms with Gasteiger partial charge in [-0.1, -0.05) is 36.7 Å². The van der Waals surface area contributed by atoms with Gasteiger partial charge in [0.15, 0.2) is 23.1 Å². The quantitative estimate of drug-likeness (QED) is 0.220. The average molecular weight is 515 g/mol. The first-order chi connectivity index (χ1) is 17.4. The van der Waals surface area contributed by atoms with Gasteiger partial charge in [0.25, 0.3) is 0 Å². The summed E-state index contributed by atoms with van der Waals surface area (Å²) in [5.74, 6) is 1.02. The topological polar surface area (TPSA) is 54.0 Å². The Balaban J connectivity index is 1.55. The van der Waals surface area contributed by atoms with E-state index < -0.39 is 5.82 Å². The van der Waals surface area contributed by atoms with Crippen LogP contribution in [0, 0.1) is 5.82 Å². The Morgan fingerprint density at radius 2 is 1.78 bits per heavy atom. The molecule has 0 fully saturated rings. The molecule has 0 aliphatic heterocycles. The fourth-order valence-electron chi connectivity index (χ4n) is 3.66. The van der Waals surface area contributed by atoms with E-state index in [0.717, 1.165) is 23.3 Å². The molecule has 3 aromatic carbocycles. The number of esters is 1. The molecule has 3 rings (SSSR count). The van der Waals surface area contributed by atoms with Crippen LogP contribution in [0.5, 0.6) is 23.0 Å². The summed E-state index contributed by atoms with van der Waals surface area (Å²) in [6.45, 7) is 6.66. The van der Waals surface area contributed by atoms with Crippen molar-refractivity contribution in [3.05, 3.63) is 82.6 Å². The second-order valence-corrected chi connectivity index (χ2v) is 8.71. The van der Waals surface area contributed by atoms with Gasteiger partial charge in [0.1, 0.15) is 5.75 Å². The summed E-state index contributed by atoms with van der Waals surface area (Å²) in [6, 6.07) is 17.1. The van der Waals surface area contributed by atoms with E-state index in [1.165, 1.54) is 6.07 Å². The standard InChI is InChI=1S/C29H32ClFO5/c1-4-21-18-24(13-10-22(21)11-15-29(32)33-5-2)34-17-16-20(3)35-27-14-12-23(30)19-28(27)36-26-9-7-6-8-25(26)31/h6-10,12-14,18-20H,4-5,11,15-17H2,1-3H3. The number of hydrogen-bond donors (Lipinski definition) is 0. The molecular weight excluding hydrogens is 483 g/mol. The number of carbonyl (C=O) groups is 1. The number of benzene rings is 3. The fraction of sp³-hybridized carbons (Fsp3) is 0.345. The average Bonchev–Trinajstić information content (AvgIpc) is 2.86. The van der Waals surface area contributed by atoms with Crippen molar-refractivity contribution in [2.45, 2.75) is 52.6 Å². The maximum atomic E-state index is 14.1. The van der Waals surface area contributed by atoms with Crippen LogP contribution in [0.4, 0.5) is 4.39 Å². The summed E-state index contributed by atoms with van der Waals surface area (Å²) in [5.41, 5.74) is 2.27. The molecule has 0 bridgehead atoms. The van der Waals surface area contributed by atoms with E-state index in [-0.39, 0.29) is 17.8 Å². The minimum atomic E-state index is -0.469. The van der Waals surface area contributed by atoms with Crippen LogP contribution in [0.3, 0.4) is 0 Å². The van der Waals surface area contributed by atoms with Crippen LogP contribution in [-0.2, 0) is 22.4 Å².